The van der Waals surface area contributed by atoms with Crippen molar-refractivity contribution in [2.75, 3.05) is 24.6 Å². The molecule has 0 bridgehead atoms. The van der Waals surface area contributed by atoms with E-state index in [2.05, 4.69) is 20.5 Å². The van der Waals surface area contributed by atoms with Crippen LogP contribution >= 0.6 is 11.3 Å². The molecule has 3 heterocycles. The van der Waals surface area contributed by atoms with Crippen molar-refractivity contribution in [1.82, 2.24) is 20.5 Å². The summed E-state index contributed by atoms with van der Waals surface area (Å²) in [5.74, 6) is -0.532. The first kappa shape index (κ1) is 19.4. The predicted octanol–water partition coefficient (Wildman–Crippen LogP) is 1.57. The summed E-state index contributed by atoms with van der Waals surface area (Å²) < 4.78 is 5.31. The van der Waals surface area contributed by atoms with Crippen molar-refractivity contribution in [2.24, 2.45) is 5.92 Å². The van der Waals surface area contributed by atoms with Crippen LogP contribution in [0, 0.1) is 5.92 Å². The molecule has 0 aliphatic carbocycles. The zero-order chi connectivity index (χ0) is 19.1. The summed E-state index contributed by atoms with van der Waals surface area (Å²) in [7, 11) is 0. The molecule has 2 aromatic heterocycles. The summed E-state index contributed by atoms with van der Waals surface area (Å²) in [5.41, 5.74) is 1.15. The number of carbonyl (C=O) groups excluding carboxylic acids is 2. The number of hydrogen-bond acceptors (Lipinski definition) is 7. The van der Waals surface area contributed by atoms with Crippen LogP contribution in [0.5, 0.6) is 0 Å². The Bertz CT molecular complexity index is 767. The number of aryl methyl sites for hydroxylation is 1. The first-order valence-corrected chi connectivity index (χ1v) is 9.86. The molecule has 1 N–H and O–H groups in total. The van der Waals surface area contributed by atoms with E-state index in [1.54, 1.807) is 11.1 Å². The van der Waals surface area contributed by atoms with E-state index in [1.165, 1.54) is 11.3 Å². The number of rotatable bonds is 9. The number of nitrogens with one attached hydrogen (secondary N) is 1. The Morgan fingerprint density at radius 2 is 2.33 bits per heavy atom. The van der Waals surface area contributed by atoms with Gasteiger partial charge in [0.25, 0.3) is 0 Å². The van der Waals surface area contributed by atoms with Crippen LogP contribution in [-0.4, -0.2) is 46.7 Å². The van der Waals surface area contributed by atoms with E-state index in [-0.39, 0.29) is 24.2 Å². The lowest BCUT2D eigenvalue weighted by Crippen LogP contribution is -2.33. The van der Waals surface area contributed by atoms with Gasteiger partial charge >= 0.3 is 0 Å². The van der Waals surface area contributed by atoms with E-state index in [9.17, 15) is 9.59 Å². The minimum Gasteiger partial charge on any atom is -0.374 e. The fourth-order valence-corrected chi connectivity index (χ4v) is 3.67. The van der Waals surface area contributed by atoms with E-state index >= 15 is 0 Å². The van der Waals surface area contributed by atoms with Crippen LogP contribution in [0.1, 0.15) is 30.3 Å². The summed E-state index contributed by atoms with van der Waals surface area (Å²) in [5, 5.41) is 12.3. The minimum absolute atomic E-state index is 0.0870. The molecule has 2 amide bonds. The van der Waals surface area contributed by atoms with Crippen LogP contribution in [0.15, 0.2) is 24.5 Å². The number of carbonyl (C=O) groups is 2. The topological polar surface area (TPSA) is 97.3 Å². The first-order chi connectivity index (χ1) is 13.2. The molecule has 8 nitrogen and oxygen atoms in total. The van der Waals surface area contributed by atoms with Crippen molar-refractivity contribution in [3.8, 4) is 0 Å². The standard InChI is InChI=1S/C18H23N5O3S/c1-2-26-12-15-21-22-18(27-15)23-11-14(9-16(23)24)17(25)20-8-4-6-13-5-3-7-19-10-13/h3,5,7,10,14H,2,4,6,8-9,11-12H2,1H3,(H,20,25). The van der Waals surface area contributed by atoms with Crippen molar-refractivity contribution >= 4 is 28.3 Å². The Labute approximate surface area is 162 Å². The van der Waals surface area contributed by atoms with Gasteiger partial charge in [0, 0.05) is 38.5 Å². The van der Waals surface area contributed by atoms with Crippen LogP contribution in [0.2, 0.25) is 0 Å². The van der Waals surface area contributed by atoms with Crippen LogP contribution < -0.4 is 10.2 Å². The Kier molecular flexibility index (Phi) is 6.83. The van der Waals surface area contributed by atoms with Crippen molar-refractivity contribution < 1.29 is 14.3 Å². The normalized spacial score (nSPS) is 16.7. The summed E-state index contributed by atoms with van der Waals surface area (Å²) in [4.78, 5) is 30.3. The largest absolute Gasteiger partial charge is 0.374 e. The maximum absolute atomic E-state index is 12.4. The summed E-state index contributed by atoms with van der Waals surface area (Å²) in [6.45, 7) is 3.82. The zero-order valence-corrected chi connectivity index (χ0v) is 16.1. The van der Waals surface area contributed by atoms with E-state index < -0.39 is 0 Å². The number of amides is 2. The third-order valence-electron chi connectivity index (χ3n) is 4.28. The van der Waals surface area contributed by atoms with Gasteiger partial charge in [-0.05, 0) is 31.4 Å². The summed E-state index contributed by atoms with van der Waals surface area (Å²) >= 11 is 1.33. The number of anilines is 1. The lowest BCUT2D eigenvalue weighted by atomic mass is 10.1. The summed E-state index contributed by atoms with van der Waals surface area (Å²) in [6, 6.07) is 3.92. The number of nitrogens with zero attached hydrogens (tertiary/aromatic N) is 4. The van der Waals surface area contributed by atoms with Crippen LogP contribution in [-0.2, 0) is 27.4 Å². The SMILES string of the molecule is CCOCc1nnc(N2CC(C(=O)NCCCc3cccnc3)CC2=O)s1. The molecule has 1 fully saturated rings. The molecule has 2 aromatic rings. The highest BCUT2D eigenvalue weighted by Gasteiger charge is 2.36. The van der Waals surface area contributed by atoms with Crippen LogP contribution in [0.25, 0.3) is 0 Å². The molecule has 27 heavy (non-hydrogen) atoms. The molecule has 144 valence electrons. The Morgan fingerprint density at radius 3 is 3.11 bits per heavy atom. The number of hydrogen-bond donors (Lipinski definition) is 1. The molecular formula is C18H23N5O3S. The molecular weight excluding hydrogens is 366 g/mol. The van der Waals surface area contributed by atoms with Gasteiger partial charge in [0.1, 0.15) is 11.6 Å². The van der Waals surface area contributed by atoms with Gasteiger partial charge in [-0.15, -0.1) is 10.2 Å². The zero-order valence-electron chi connectivity index (χ0n) is 15.3. The highest BCUT2D eigenvalue weighted by atomic mass is 32.1. The quantitative estimate of drug-likeness (QED) is 0.654. The van der Waals surface area contributed by atoms with Crippen LogP contribution in [0.4, 0.5) is 5.13 Å². The summed E-state index contributed by atoms with van der Waals surface area (Å²) in [6.07, 6.45) is 5.47. The molecule has 3 rings (SSSR count). The van der Waals surface area contributed by atoms with E-state index in [1.807, 2.05) is 25.3 Å². The first-order valence-electron chi connectivity index (χ1n) is 9.04. The second-order valence-electron chi connectivity index (χ2n) is 6.28. The molecule has 1 unspecified atom stereocenters. The van der Waals surface area contributed by atoms with Gasteiger partial charge < -0.3 is 10.1 Å². The third-order valence-corrected chi connectivity index (χ3v) is 5.20. The molecule has 0 spiro atoms. The van der Waals surface area contributed by atoms with E-state index in [0.717, 1.165) is 23.4 Å². The molecule has 1 atom stereocenters. The highest BCUT2D eigenvalue weighted by molar-refractivity contribution is 7.15. The van der Waals surface area contributed by atoms with Gasteiger partial charge in [0.15, 0.2) is 0 Å². The van der Waals surface area contributed by atoms with Crippen molar-refractivity contribution in [3.05, 3.63) is 35.1 Å². The maximum atomic E-state index is 12.4. The average molecular weight is 389 g/mol. The van der Waals surface area contributed by atoms with Gasteiger partial charge in [-0.1, -0.05) is 17.4 Å². The molecule has 9 heteroatoms. The highest BCUT2D eigenvalue weighted by Crippen LogP contribution is 2.28. The lowest BCUT2D eigenvalue weighted by Gasteiger charge is -2.12. The predicted molar refractivity (Wildman–Crippen MR) is 101 cm³/mol. The Balaban J connectivity index is 1.45. The number of ether oxygens (including phenoxy) is 1. The molecule has 0 aromatic carbocycles. The monoisotopic (exact) mass is 389 g/mol. The Hall–Kier alpha value is -2.39. The van der Waals surface area contributed by atoms with Gasteiger partial charge in [-0.3, -0.25) is 19.5 Å². The smallest absolute Gasteiger partial charge is 0.229 e. The van der Waals surface area contributed by atoms with Gasteiger partial charge in [0.05, 0.1) is 5.92 Å². The molecule has 0 radical (unpaired) electrons. The maximum Gasteiger partial charge on any atom is 0.229 e. The fourth-order valence-electron chi connectivity index (χ4n) is 2.86. The number of pyridine rings is 1. The minimum atomic E-state index is -0.352. The van der Waals surface area contributed by atoms with Gasteiger partial charge in [-0.25, -0.2) is 0 Å². The van der Waals surface area contributed by atoms with Crippen molar-refractivity contribution in [2.45, 2.75) is 32.8 Å². The average Bonchev–Trinajstić information content (AvgIpc) is 3.30. The Morgan fingerprint density at radius 1 is 1.44 bits per heavy atom. The van der Waals surface area contributed by atoms with Gasteiger partial charge in [-0.2, -0.15) is 0 Å². The van der Waals surface area contributed by atoms with Crippen LogP contribution in [0.3, 0.4) is 0 Å². The molecule has 0 saturated carbocycles. The fraction of sp³-hybridized carbons (Fsp3) is 0.500. The molecule has 1 aliphatic rings. The number of aromatic nitrogens is 3. The molecule has 1 saturated heterocycles. The third kappa shape index (κ3) is 5.30. The van der Waals surface area contributed by atoms with Crippen molar-refractivity contribution in [1.29, 1.82) is 0 Å². The van der Waals surface area contributed by atoms with Crippen molar-refractivity contribution in [3.63, 3.8) is 0 Å². The van der Waals surface area contributed by atoms with E-state index in [0.29, 0.717) is 31.4 Å². The second kappa shape index (κ2) is 9.52. The second-order valence-corrected chi connectivity index (χ2v) is 7.32. The lowest BCUT2D eigenvalue weighted by molar-refractivity contribution is -0.126. The van der Waals surface area contributed by atoms with Gasteiger partial charge in [0.2, 0.25) is 16.9 Å². The van der Waals surface area contributed by atoms with E-state index in [4.69, 9.17) is 4.74 Å². The molecule has 1 aliphatic heterocycles.